The molecule has 0 radical (unpaired) electrons. The van der Waals surface area contributed by atoms with E-state index >= 15 is 0 Å². The second kappa shape index (κ2) is 13.0. The normalized spacial score (nSPS) is 19.1. The van der Waals surface area contributed by atoms with Gasteiger partial charge in [-0.1, -0.05) is 35.0 Å². The molecule has 0 saturated heterocycles. The molecule has 0 saturated carbocycles. The molecule has 18 heteroatoms. The Morgan fingerprint density at radius 2 is 1.24 bits per heavy atom. The number of benzene rings is 2. The first-order chi connectivity index (χ1) is 19.0. The fourth-order valence-electron chi connectivity index (χ4n) is 3.42. The largest absolute Gasteiger partial charge is 0.501 e. The molecular weight excluding hydrogens is 676 g/mol. The highest BCUT2D eigenvalue weighted by Crippen LogP contribution is 2.36. The third-order valence-electron chi connectivity index (χ3n) is 5.54. The molecule has 0 aromatic heterocycles. The van der Waals surface area contributed by atoms with Crippen LogP contribution in [0.15, 0.2) is 46.2 Å². The molecule has 230 valence electrons. The number of rotatable bonds is 7. The number of nitrogens with one attached hydrogen (secondary N) is 1. The molecule has 2 aliphatic rings. The van der Waals surface area contributed by atoms with Gasteiger partial charge in [0.25, 0.3) is 19.7 Å². The van der Waals surface area contributed by atoms with Gasteiger partial charge in [0.05, 0.1) is 34.9 Å². The molecule has 2 aliphatic heterocycles. The summed E-state index contributed by atoms with van der Waals surface area (Å²) in [6.07, 6.45) is -0.406. The van der Waals surface area contributed by atoms with Gasteiger partial charge in [-0.25, -0.2) is 16.8 Å². The van der Waals surface area contributed by atoms with Crippen molar-refractivity contribution in [3.8, 4) is 11.5 Å². The highest BCUT2D eigenvalue weighted by atomic mass is 79.9. The number of ether oxygens (including phenoxy) is 4. The fraction of sp³-hybridized carbons (Fsp3) is 0.478. The summed E-state index contributed by atoms with van der Waals surface area (Å²) in [6, 6.07) is 6.08. The van der Waals surface area contributed by atoms with Crippen LogP contribution in [0.1, 0.15) is 24.5 Å². The van der Waals surface area contributed by atoms with Crippen LogP contribution < -0.4 is 14.8 Å². The van der Waals surface area contributed by atoms with E-state index < -0.39 is 53.1 Å². The Morgan fingerprint density at radius 1 is 0.805 bits per heavy atom. The maximum Gasteiger partial charge on any atom is 0.501 e. The minimum Gasteiger partial charge on any atom is -0.464 e. The zero-order chi connectivity index (χ0) is 30.6. The van der Waals surface area contributed by atoms with Crippen LogP contribution in [-0.4, -0.2) is 58.9 Å². The minimum atomic E-state index is -5.38. The van der Waals surface area contributed by atoms with E-state index in [1.54, 1.807) is 0 Å². The molecule has 1 N–H and O–H groups in total. The van der Waals surface area contributed by atoms with Gasteiger partial charge >= 0.3 is 11.0 Å². The summed E-state index contributed by atoms with van der Waals surface area (Å²) < 4.78 is 142. The van der Waals surface area contributed by atoms with Crippen molar-refractivity contribution in [2.24, 2.45) is 0 Å². The van der Waals surface area contributed by atoms with Crippen molar-refractivity contribution < 1.29 is 62.1 Å². The first-order valence-corrected chi connectivity index (χ1v) is 15.8. The summed E-state index contributed by atoms with van der Waals surface area (Å²) in [5.41, 5.74) is -9.67. The Hall–Kier alpha value is -2.12. The molecule has 0 bridgehead atoms. The Bertz CT molecular complexity index is 1430. The summed E-state index contributed by atoms with van der Waals surface area (Å²) >= 11 is 3.10. The van der Waals surface area contributed by atoms with Crippen LogP contribution in [0.4, 0.5) is 26.3 Å². The van der Waals surface area contributed by atoms with Gasteiger partial charge in [0, 0.05) is 11.1 Å². The van der Waals surface area contributed by atoms with Crippen LogP contribution in [0, 0.1) is 0 Å². The summed E-state index contributed by atoms with van der Waals surface area (Å²) in [6.45, 7) is 3.40. The van der Waals surface area contributed by atoms with Gasteiger partial charge in [-0.05, 0) is 37.2 Å². The molecule has 0 spiro atoms. The Balaban J connectivity index is 0.000000228. The smallest absolute Gasteiger partial charge is 0.464 e. The van der Waals surface area contributed by atoms with Gasteiger partial charge in [-0.2, -0.15) is 26.3 Å². The van der Waals surface area contributed by atoms with Crippen molar-refractivity contribution in [1.29, 1.82) is 0 Å². The molecule has 9 nitrogen and oxygen atoms in total. The highest BCUT2D eigenvalue weighted by molar-refractivity contribution is 9.09. The summed E-state index contributed by atoms with van der Waals surface area (Å²) in [4.78, 5) is -1.67. The number of hydrogen-bond acceptors (Lipinski definition) is 9. The number of fused-ring (bicyclic) bond motifs is 2. The van der Waals surface area contributed by atoms with E-state index in [0.717, 1.165) is 37.2 Å². The van der Waals surface area contributed by atoms with Gasteiger partial charge in [-0.15, -0.1) is 0 Å². The molecule has 0 amide bonds. The molecular formula is C23H24BrF6NO8S2. The van der Waals surface area contributed by atoms with Crippen molar-refractivity contribution in [2.45, 2.75) is 59.9 Å². The van der Waals surface area contributed by atoms with Crippen molar-refractivity contribution in [1.82, 2.24) is 5.32 Å². The average molecular weight is 700 g/mol. The van der Waals surface area contributed by atoms with Crippen LogP contribution >= 0.6 is 15.9 Å². The zero-order valence-electron chi connectivity index (χ0n) is 21.1. The number of alkyl halides is 7. The Kier molecular flexibility index (Phi) is 10.6. The third kappa shape index (κ3) is 7.84. The molecule has 2 aromatic carbocycles. The van der Waals surface area contributed by atoms with Gasteiger partial charge in [-0.3, -0.25) is 0 Å². The highest BCUT2D eigenvalue weighted by Gasteiger charge is 2.48. The monoisotopic (exact) mass is 699 g/mol. The fourth-order valence-corrected chi connectivity index (χ4v) is 5.29. The Morgan fingerprint density at radius 3 is 1.66 bits per heavy atom. The van der Waals surface area contributed by atoms with E-state index in [-0.39, 0.29) is 24.7 Å². The van der Waals surface area contributed by atoms with E-state index in [1.165, 1.54) is 12.1 Å². The first kappa shape index (κ1) is 33.4. The lowest BCUT2D eigenvalue weighted by Gasteiger charge is -2.27. The Labute approximate surface area is 240 Å². The van der Waals surface area contributed by atoms with Gasteiger partial charge < -0.3 is 24.3 Å². The van der Waals surface area contributed by atoms with Gasteiger partial charge in [0.2, 0.25) is 12.6 Å². The molecule has 2 aromatic rings. The van der Waals surface area contributed by atoms with Crippen LogP contribution in [0.2, 0.25) is 0 Å². The van der Waals surface area contributed by atoms with Crippen molar-refractivity contribution in [3.63, 3.8) is 0 Å². The van der Waals surface area contributed by atoms with E-state index in [4.69, 9.17) is 18.9 Å². The molecule has 0 aliphatic carbocycles. The quantitative estimate of drug-likeness (QED) is 0.247. The maximum absolute atomic E-state index is 12.6. The van der Waals surface area contributed by atoms with E-state index in [1.807, 2.05) is 6.92 Å². The SMILES string of the molecule is CCCNCC1OCc2ccc(S(=O)(=O)C(F)(F)F)cc2O1.O=S(=O)(c1ccc2c(c1)OC(CBr)OC2)C(F)(F)F. The zero-order valence-corrected chi connectivity index (χ0v) is 24.3. The maximum atomic E-state index is 12.6. The van der Waals surface area contributed by atoms with E-state index in [9.17, 15) is 43.2 Å². The number of sulfone groups is 2. The number of hydrogen-bond donors (Lipinski definition) is 1. The lowest BCUT2D eigenvalue weighted by Crippen LogP contribution is -2.36. The standard InChI is InChI=1S/C13H16F3NO4S.C10H8BrF3O4S/c1-2-5-17-7-12-20-8-9-3-4-10(6-11(9)21-12)22(18,19)13(14,15)16;11-4-9-17-5-6-1-2-7(3-8(6)18-9)19(15,16)10(12,13)14/h3-4,6,12,17H,2,5,7-8H2,1H3;1-3,9H,4-5H2. The lowest BCUT2D eigenvalue weighted by molar-refractivity contribution is -0.105. The molecule has 0 fully saturated rings. The van der Waals surface area contributed by atoms with Crippen LogP contribution in [0.3, 0.4) is 0 Å². The first-order valence-electron chi connectivity index (χ1n) is 11.7. The molecule has 2 atom stereocenters. The number of halogens is 7. The summed E-state index contributed by atoms with van der Waals surface area (Å²) in [5, 5.41) is 3.38. The molecule has 41 heavy (non-hydrogen) atoms. The minimum absolute atomic E-state index is 0.0843. The van der Waals surface area contributed by atoms with Crippen molar-refractivity contribution in [3.05, 3.63) is 47.5 Å². The van der Waals surface area contributed by atoms with E-state index in [2.05, 4.69) is 21.2 Å². The van der Waals surface area contributed by atoms with Gasteiger partial charge in [0.1, 0.15) is 11.5 Å². The second-order valence-corrected chi connectivity index (χ2v) is 13.0. The topological polar surface area (TPSA) is 117 Å². The van der Waals surface area contributed by atoms with Crippen molar-refractivity contribution in [2.75, 3.05) is 18.4 Å². The van der Waals surface area contributed by atoms with Crippen molar-refractivity contribution >= 4 is 35.6 Å². The predicted octanol–water partition coefficient (Wildman–Crippen LogP) is 4.82. The van der Waals surface area contributed by atoms with E-state index in [0.29, 0.717) is 23.0 Å². The van der Waals surface area contributed by atoms with Crippen LogP contribution in [0.5, 0.6) is 11.5 Å². The average Bonchev–Trinajstić information content (AvgIpc) is 2.91. The molecule has 4 rings (SSSR count). The molecule has 2 unspecified atom stereocenters. The summed E-state index contributed by atoms with van der Waals surface area (Å²) in [5.74, 6) is 0.181. The predicted molar refractivity (Wildman–Crippen MR) is 135 cm³/mol. The van der Waals surface area contributed by atoms with Crippen LogP contribution in [-0.2, 0) is 42.4 Å². The van der Waals surface area contributed by atoms with Gasteiger partial charge in [0.15, 0.2) is 0 Å². The lowest BCUT2D eigenvalue weighted by atomic mass is 10.2. The molecule has 2 heterocycles. The van der Waals surface area contributed by atoms with Crippen LogP contribution in [0.25, 0.3) is 0 Å². The third-order valence-corrected chi connectivity index (χ3v) is 9.03. The summed E-state index contributed by atoms with van der Waals surface area (Å²) in [7, 11) is -10.8. The second-order valence-electron chi connectivity index (χ2n) is 8.51.